The predicted molar refractivity (Wildman–Crippen MR) is 91.7 cm³/mol. The fourth-order valence-electron chi connectivity index (χ4n) is 3.26. The first-order valence-electron chi connectivity index (χ1n) is 8.17. The van der Waals surface area contributed by atoms with Crippen molar-refractivity contribution < 1.29 is 14.3 Å². The lowest BCUT2D eigenvalue weighted by atomic mass is 9.82. The molecule has 1 aliphatic heterocycles. The minimum absolute atomic E-state index is 0.242. The standard InChI is InChI=1S/C18H21N3O3/c1-24-15-10-4-3-8-14(15)9-7-13-19-21-16(22)18(20-17(21)23)11-5-2-6-12-18/h3-4,7-10,13H,2,5-6,11-12H2,1H3,(H,20,23)/b9-7+,19-13-. The Morgan fingerprint density at radius 2 is 1.96 bits per heavy atom. The highest BCUT2D eigenvalue weighted by molar-refractivity contribution is 6.07. The van der Waals surface area contributed by atoms with Crippen LogP contribution in [0.2, 0.25) is 0 Å². The summed E-state index contributed by atoms with van der Waals surface area (Å²) in [4.78, 5) is 24.6. The van der Waals surface area contributed by atoms with Crippen LogP contribution in [0.3, 0.4) is 0 Å². The number of imide groups is 1. The van der Waals surface area contributed by atoms with E-state index in [1.807, 2.05) is 30.3 Å². The van der Waals surface area contributed by atoms with Gasteiger partial charge in [0, 0.05) is 11.8 Å². The summed E-state index contributed by atoms with van der Waals surface area (Å²) in [5.41, 5.74) is 0.159. The fraction of sp³-hybridized carbons (Fsp3) is 0.389. The minimum atomic E-state index is -0.737. The molecule has 3 rings (SSSR count). The lowest BCUT2D eigenvalue weighted by Crippen LogP contribution is -2.48. The number of nitrogens with one attached hydrogen (secondary N) is 1. The second kappa shape index (κ2) is 6.86. The van der Waals surface area contributed by atoms with Crippen molar-refractivity contribution in [1.29, 1.82) is 0 Å². The normalized spacial score (nSPS) is 20.3. The van der Waals surface area contributed by atoms with Crippen molar-refractivity contribution in [3.63, 3.8) is 0 Å². The van der Waals surface area contributed by atoms with E-state index in [-0.39, 0.29) is 5.91 Å². The number of para-hydroxylation sites is 1. The maximum Gasteiger partial charge on any atom is 0.346 e. The van der Waals surface area contributed by atoms with E-state index in [9.17, 15) is 9.59 Å². The Bertz CT molecular complexity index is 691. The number of ether oxygens (including phenoxy) is 1. The van der Waals surface area contributed by atoms with Crippen molar-refractivity contribution in [1.82, 2.24) is 10.3 Å². The summed E-state index contributed by atoms with van der Waals surface area (Å²) in [5.74, 6) is 0.507. The van der Waals surface area contributed by atoms with Crippen LogP contribution in [-0.4, -0.2) is 35.8 Å². The molecule has 0 atom stereocenters. The van der Waals surface area contributed by atoms with Gasteiger partial charge < -0.3 is 10.1 Å². The van der Waals surface area contributed by atoms with Gasteiger partial charge in [-0.3, -0.25) is 4.79 Å². The molecule has 1 saturated carbocycles. The highest BCUT2D eigenvalue weighted by Crippen LogP contribution is 2.33. The van der Waals surface area contributed by atoms with Gasteiger partial charge in [-0.25, -0.2) is 4.79 Å². The average Bonchev–Trinajstić information content (AvgIpc) is 2.83. The summed E-state index contributed by atoms with van der Waals surface area (Å²) in [6.07, 6.45) is 9.36. The Hall–Kier alpha value is -2.63. The number of carbonyl (C=O) groups is 2. The minimum Gasteiger partial charge on any atom is -0.496 e. The lowest BCUT2D eigenvalue weighted by Gasteiger charge is -2.29. The summed E-state index contributed by atoms with van der Waals surface area (Å²) in [6.45, 7) is 0. The zero-order chi connectivity index (χ0) is 17.0. The Labute approximate surface area is 141 Å². The number of rotatable bonds is 4. The van der Waals surface area contributed by atoms with Crippen LogP contribution >= 0.6 is 0 Å². The van der Waals surface area contributed by atoms with Crippen molar-refractivity contribution in [2.45, 2.75) is 37.6 Å². The molecule has 2 fully saturated rings. The van der Waals surface area contributed by atoms with Gasteiger partial charge in [-0.05, 0) is 31.1 Å². The van der Waals surface area contributed by atoms with E-state index < -0.39 is 11.6 Å². The molecule has 1 aromatic carbocycles. The van der Waals surface area contributed by atoms with Gasteiger partial charge in [0.15, 0.2) is 0 Å². The Morgan fingerprint density at radius 3 is 2.71 bits per heavy atom. The predicted octanol–water partition coefficient (Wildman–Crippen LogP) is 2.95. The highest BCUT2D eigenvalue weighted by Gasteiger charge is 2.51. The third-order valence-electron chi connectivity index (χ3n) is 4.53. The lowest BCUT2D eigenvalue weighted by molar-refractivity contribution is -0.132. The van der Waals surface area contributed by atoms with Gasteiger partial charge in [-0.2, -0.15) is 5.10 Å². The molecule has 2 aliphatic rings. The van der Waals surface area contributed by atoms with E-state index in [4.69, 9.17) is 4.74 Å². The van der Waals surface area contributed by atoms with Crippen molar-refractivity contribution in [3.05, 3.63) is 35.9 Å². The van der Waals surface area contributed by atoms with E-state index >= 15 is 0 Å². The fourth-order valence-corrected chi connectivity index (χ4v) is 3.26. The smallest absolute Gasteiger partial charge is 0.346 e. The molecule has 0 radical (unpaired) electrons. The van der Waals surface area contributed by atoms with Crippen molar-refractivity contribution in [2.24, 2.45) is 5.10 Å². The third kappa shape index (κ3) is 3.04. The van der Waals surface area contributed by atoms with Gasteiger partial charge in [0.2, 0.25) is 0 Å². The molecule has 1 heterocycles. The number of allylic oxidation sites excluding steroid dienone is 1. The van der Waals surface area contributed by atoms with Crippen LogP contribution in [-0.2, 0) is 4.79 Å². The zero-order valence-electron chi connectivity index (χ0n) is 13.7. The number of urea groups is 1. The molecule has 6 nitrogen and oxygen atoms in total. The topological polar surface area (TPSA) is 71.0 Å². The Kier molecular flexibility index (Phi) is 4.64. The first-order chi connectivity index (χ1) is 11.7. The maximum absolute atomic E-state index is 12.5. The van der Waals surface area contributed by atoms with Crippen LogP contribution < -0.4 is 10.1 Å². The van der Waals surface area contributed by atoms with Crippen LogP contribution in [0.15, 0.2) is 35.4 Å². The molecule has 1 aliphatic carbocycles. The van der Waals surface area contributed by atoms with Gasteiger partial charge in [0.25, 0.3) is 5.91 Å². The van der Waals surface area contributed by atoms with E-state index in [0.29, 0.717) is 12.8 Å². The van der Waals surface area contributed by atoms with Gasteiger partial charge in [0.1, 0.15) is 11.3 Å². The van der Waals surface area contributed by atoms with Gasteiger partial charge in [-0.15, -0.1) is 5.01 Å². The molecule has 3 amide bonds. The van der Waals surface area contributed by atoms with E-state index in [1.54, 1.807) is 13.2 Å². The van der Waals surface area contributed by atoms with Gasteiger partial charge in [-0.1, -0.05) is 37.5 Å². The molecule has 1 aromatic rings. The molecular formula is C18H21N3O3. The van der Waals surface area contributed by atoms with Crippen molar-refractivity contribution in [2.75, 3.05) is 7.11 Å². The number of carbonyl (C=O) groups excluding carboxylic acids is 2. The highest BCUT2D eigenvalue weighted by atomic mass is 16.5. The molecule has 1 spiro atoms. The molecule has 6 heteroatoms. The van der Waals surface area contributed by atoms with Crippen molar-refractivity contribution >= 4 is 24.2 Å². The second-order valence-corrected chi connectivity index (χ2v) is 6.06. The first-order valence-corrected chi connectivity index (χ1v) is 8.17. The molecule has 0 aromatic heterocycles. The molecule has 24 heavy (non-hydrogen) atoms. The molecule has 0 bridgehead atoms. The van der Waals surface area contributed by atoms with Crippen LogP contribution in [0.4, 0.5) is 4.79 Å². The molecule has 1 N–H and O–H groups in total. The number of benzene rings is 1. The SMILES string of the molecule is COc1ccccc1/C=C/C=N\N1C(=O)NC2(CCCCC2)C1=O. The summed E-state index contributed by atoms with van der Waals surface area (Å²) in [7, 11) is 1.61. The molecule has 1 saturated heterocycles. The number of hydrogen-bond donors (Lipinski definition) is 1. The number of amides is 3. The summed E-state index contributed by atoms with van der Waals surface area (Å²) in [5, 5.41) is 7.79. The largest absolute Gasteiger partial charge is 0.496 e. The monoisotopic (exact) mass is 327 g/mol. The number of nitrogens with zero attached hydrogens (tertiary/aromatic N) is 2. The third-order valence-corrected chi connectivity index (χ3v) is 4.53. The quantitative estimate of drug-likeness (QED) is 0.683. The molecule has 126 valence electrons. The van der Waals surface area contributed by atoms with Gasteiger partial charge in [0.05, 0.1) is 7.11 Å². The van der Waals surface area contributed by atoms with E-state index in [0.717, 1.165) is 35.6 Å². The Balaban J connectivity index is 1.69. The summed E-state index contributed by atoms with van der Waals surface area (Å²) >= 11 is 0. The first kappa shape index (κ1) is 16.2. The zero-order valence-corrected chi connectivity index (χ0v) is 13.7. The molecule has 0 unspecified atom stereocenters. The molecular weight excluding hydrogens is 306 g/mol. The van der Waals surface area contributed by atoms with Crippen molar-refractivity contribution in [3.8, 4) is 5.75 Å². The van der Waals surface area contributed by atoms with E-state index in [2.05, 4.69) is 10.4 Å². The van der Waals surface area contributed by atoms with Crippen LogP contribution in [0.25, 0.3) is 6.08 Å². The van der Waals surface area contributed by atoms with Crippen LogP contribution in [0.1, 0.15) is 37.7 Å². The second-order valence-electron chi connectivity index (χ2n) is 6.06. The number of hydrogen-bond acceptors (Lipinski definition) is 4. The van der Waals surface area contributed by atoms with Crippen LogP contribution in [0.5, 0.6) is 5.75 Å². The average molecular weight is 327 g/mol. The van der Waals surface area contributed by atoms with Crippen LogP contribution in [0, 0.1) is 0 Å². The van der Waals surface area contributed by atoms with Gasteiger partial charge >= 0.3 is 6.03 Å². The maximum atomic E-state index is 12.5. The summed E-state index contributed by atoms with van der Waals surface area (Å²) in [6, 6.07) is 7.13. The Morgan fingerprint density at radius 1 is 1.21 bits per heavy atom. The number of hydrazone groups is 1. The summed E-state index contributed by atoms with van der Waals surface area (Å²) < 4.78 is 5.26. The van der Waals surface area contributed by atoms with E-state index in [1.165, 1.54) is 6.21 Å². The number of methoxy groups -OCH3 is 1.